The van der Waals surface area contributed by atoms with E-state index in [-0.39, 0.29) is 16.8 Å². The van der Waals surface area contributed by atoms with E-state index >= 15 is 0 Å². The summed E-state index contributed by atoms with van der Waals surface area (Å²) in [5, 5.41) is 0. The first-order valence-electron chi connectivity index (χ1n) is 10.8. The number of Topliss-reactive ketones (excluding diaryl/α,β-unsaturated/α-hetero) is 1. The molecule has 1 aliphatic carbocycles. The molecule has 0 spiro atoms. The first-order chi connectivity index (χ1) is 15.1. The number of pyridine rings is 1. The Labute approximate surface area is 188 Å². The molecule has 5 nitrogen and oxygen atoms in total. The lowest BCUT2D eigenvalue weighted by Crippen LogP contribution is -2.40. The maximum atomic E-state index is 13.8. The van der Waals surface area contributed by atoms with Gasteiger partial charge in [-0.25, -0.2) is 0 Å². The SMILES string of the molecule is Cc1ccc(C)c(N(C)C(=O)c2c3c(cn(-c4ccccc4)c2=O)C(=O)CC(C)(C)C3)c1. The van der Waals surface area contributed by atoms with Gasteiger partial charge < -0.3 is 4.90 Å². The van der Waals surface area contributed by atoms with Crippen LogP contribution in [0.3, 0.4) is 0 Å². The van der Waals surface area contributed by atoms with Crippen molar-refractivity contribution in [3.05, 3.63) is 92.9 Å². The molecule has 0 fully saturated rings. The molecule has 164 valence electrons. The van der Waals surface area contributed by atoms with Crippen molar-refractivity contribution in [1.82, 2.24) is 4.57 Å². The fourth-order valence-electron chi connectivity index (χ4n) is 4.50. The van der Waals surface area contributed by atoms with Crippen LogP contribution in [0.2, 0.25) is 0 Å². The molecule has 0 bridgehead atoms. The second-order valence-electron chi connectivity index (χ2n) is 9.50. The summed E-state index contributed by atoms with van der Waals surface area (Å²) in [5.41, 5.74) is 3.73. The number of rotatable bonds is 3. The third-order valence-electron chi connectivity index (χ3n) is 6.19. The number of amides is 1. The van der Waals surface area contributed by atoms with Gasteiger partial charge in [-0.15, -0.1) is 0 Å². The van der Waals surface area contributed by atoms with E-state index in [1.54, 1.807) is 25.4 Å². The number of carbonyl (C=O) groups is 2. The Kier molecular flexibility index (Phi) is 5.37. The smallest absolute Gasteiger partial charge is 0.268 e. The third-order valence-corrected chi connectivity index (χ3v) is 6.19. The van der Waals surface area contributed by atoms with Crippen molar-refractivity contribution in [3.8, 4) is 5.69 Å². The van der Waals surface area contributed by atoms with Crippen LogP contribution in [0.15, 0.2) is 59.5 Å². The van der Waals surface area contributed by atoms with Gasteiger partial charge in [0.2, 0.25) is 0 Å². The number of nitrogens with zero attached hydrogens (tertiary/aromatic N) is 2. The lowest BCUT2D eigenvalue weighted by Gasteiger charge is -2.32. The highest BCUT2D eigenvalue weighted by Crippen LogP contribution is 2.36. The van der Waals surface area contributed by atoms with Crippen molar-refractivity contribution < 1.29 is 9.59 Å². The predicted octanol–water partition coefficient (Wildman–Crippen LogP) is 4.89. The fourth-order valence-corrected chi connectivity index (χ4v) is 4.50. The lowest BCUT2D eigenvalue weighted by atomic mass is 9.73. The van der Waals surface area contributed by atoms with Crippen molar-refractivity contribution in [1.29, 1.82) is 0 Å². The molecule has 32 heavy (non-hydrogen) atoms. The van der Waals surface area contributed by atoms with Gasteiger partial charge in [0.15, 0.2) is 5.78 Å². The van der Waals surface area contributed by atoms with Crippen LogP contribution in [0.5, 0.6) is 0 Å². The molecule has 0 aliphatic heterocycles. The number of hydrogen-bond donors (Lipinski definition) is 0. The molecule has 0 unspecified atom stereocenters. The standard InChI is InChI=1S/C27H28N2O3/c1-17-11-12-18(2)22(13-17)28(5)25(31)24-20-14-27(3,4)15-23(30)21(20)16-29(26(24)32)19-9-7-6-8-10-19/h6-13,16H,14-15H2,1-5H3. The van der Waals surface area contributed by atoms with Gasteiger partial charge in [0.1, 0.15) is 5.56 Å². The Bertz CT molecular complexity index is 1290. The molecule has 0 saturated heterocycles. The molecule has 5 heteroatoms. The highest BCUT2D eigenvalue weighted by Gasteiger charge is 2.36. The van der Waals surface area contributed by atoms with Crippen LogP contribution >= 0.6 is 0 Å². The summed E-state index contributed by atoms with van der Waals surface area (Å²) in [6, 6.07) is 15.0. The Morgan fingerprint density at radius 1 is 1.00 bits per heavy atom. The van der Waals surface area contributed by atoms with E-state index in [0.29, 0.717) is 29.7 Å². The number of hydrogen-bond acceptors (Lipinski definition) is 3. The zero-order chi connectivity index (χ0) is 23.2. The van der Waals surface area contributed by atoms with Crippen molar-refractivity contribution in [2.75, 3.05) is 11.9 Å². The number of benzene rings is 2. The van der Waals surface area contributed by atoms with Gasteiger partial charge >= 0.3 is 0 Å². The van der Waals surface area contributed by atoms with Gasteiger partial charge in [-0.1, -0.05) is 44.2 Å². The number of anilines is 1. The largest absolute Gasteiger partial charge is 0.311 e. The van der Waals surface area contributed by atoms with E-state index in [4.69, 9.17) is 0 Å². The van der Waals surface area contributed by atoms with Gasteiger partial charge in [-0.2, -0.15) is 0 Å². The zero-order valence-corrected chi connectivity index (χ0v) is 19.2. The minimum Gasteiger partial charge on any atom is -0.311 e. The summed E-state index contributed by atoms with van der Waals surface area (Å²) < 4.78 is 1.43. The summed E-state index contributed by atoms with van der Waals surface area (Å²) >= 11 is 0. The van der Waals surface area contributed by atoms with Gasteiger partial charge in [0.05, 0.1) is 0 Å². The molecule has 0 N–H and O–H groups in total. The highest BCUT2D eigenvalue weighted by atomic mass is 16.2. The second kappa shape index (κ2) is 7.90. The summed E-state index contributed by atoms with van der Waals surface area (Å²) in [4.78, 5) is 42.1. The summed E-state index contributed by atoms with van der Waals surface area (Å²) in [6.07, 6.45) is 2.49. The van der Waals surface area contributed by atoms with Gasteiger partial charge in [0, 0.05) is 36.6 Å². The fraction of sp³-hybridized carbons (Fsp3) is 0.296. The molecule has 0 saturated carbocycles. The van der Waals surface area contributed by atoms with Crippen molar-refractivity contribution >= 4 is 17.4 Å². The minimum atomic E-state index is -0.400. The number of fused-ring (bicyclic) bond motifs is 1. The maximum Gasteiger partial charge on any atom is 0.268 e. The molecule has 0 radical (unpaired) electrons. The van der Waals surface area contributed by atoms with E-state index in [0.717, 1.165) is 16.8 Å². The highest BCUT2D eigenvalue weighted by molar-refractivity contribution is 6.10. The Morgan fingerprint density at radius 2 is 1.69 bits per heavy atom. The second-order valence-corrected chi connectivity index (χ2v) is 9.50. The quantitative estimate of drug-likeness (QED) is 0.597. The van der Waals surface area contributed by atoms with E-state index in [1.165, 1.54) is 9.47 Å². The van der Waals surface area contributed by atoms with Crippen LogP contribution < -0.4 is 10.5 Å². The van der Waals surface area contributed by atoms with Crippen molar-refractivity contribution in [3.63, 3.8) is 0 Å². The molecule has 4 rings (SSSR count). The molecular formula is C27H28N2O3. The van der Waals surface area contributed by atoms with Crippen LogP contribution in [0.25, 0.3) is 5.69 Å². The van der Waals surface area contributed by atoms with E-state index in [1.807, 2.05) is 64.1 Å². The third kappa shape index (κ3) is 3.79. The van der Waals surface area contributed by atoms with Crippen LogP contribution in [0.4, 0.5) is 5.69 Å². The number of aryl methyl sites for hydroxylation is 2. The number of carbonyl (C=O) groups excluding carboxylic acids is 2. The summed E-state index contributed by atoms with van der Waals surface area (Å²) in [7, 11) is 1.69. The van der Waals surface area contributed by atoms with Crippen molar-refractivity contribution in [2.24, 2.45) is 5.41 Å². The first-order valence-corrected chi connectivity index (χ1v) is 10.8. The van der Waals surface area contributed by atoms with Crippen LogP contribution in [0.1, 0.15) is 57.7 Å². The molecule has 1 aromatic heterocycles. The molecule has 1 amide bonds. The van der Waals surface area contributed by atoms with E-state index in [2.05, 4.69) is 0 Å². The number of para-hydroxylation sites is 1. The molecular weight excluding hydrogens is 400 g/mol. The van der Waals surface area contributed by atoms with Crippen LogP contribution in [-0.4, -0.2) is 23.3 Å². The molecule has 1 heterocycles. The molecule has 0 atom stereocenters. The summed E-state index contributed by atoms with van der Waals surface area (Å²) in [6.45, 7) is 7.90. The number of ketones is 1. The lowest BCUT2D eigenvalue weighted by molar-refractivity contribution is 0.0910. The molecule has 3 aromatic rings. The van der Waals surface area contributed by atoms with Gasteiger partial charge in [-0.3, -0.25) is 19.0 Å². The normalized spacial score (nSPS) is 14.7. The van der Waals surface area contributed by atoms with Crippen molar-refractivity contribution in [2.45, 2.75) is 40.5 Å². The van der Waals surface area contributed by atoms with E-state index < -0.39 is 11.5 Å². The minimum absolute atomic E-state index is 0.0376. The molecule has 2 aromatic carbocycles. The maximum absolute atomic E-state index is 13.8. The summed E-state index contributed by atoms with van der Waals surface area (Å²) in [5.74, 6) is -0.430. The zero-order valence-electron chi connectivity index (χ0n) is 19.2. The Hall–Kier alpha value is -3.47. The average Bonchev–Trinajstić information content (AvgIpc) is 2.74. The first kappa shape index (κ1) is 21.8. The Balaban J connectivity index is 1.97. The monoisotopic (exact) mass is 428 g/mol. The van der Waals surface area contributed by atoms with Gasteiger partial charge in [0.25, 0.3) is 11.5 Å². The topological polar surface area (TPSA) is 59.4 Å². The van der Waals surface area contributed by atoms with Crippen LogP contribution in [0, 0.1) is 19.3 Å². The predicted molar refractivity (Wildman–Crippen MR) is 127 cm³/mol. The average molecular weight is 429 g/mol. The van der Waals surface area contributed by atoms with Gasteiger partial charge in [-0.05, 0) is 60.6 Å². The Morgan fingerprint density at radius 3 is 2.38 bits per heavy atom. The van der Waals surface area contributed by atoms with Crippen LogP contribution in [-0.2, 0) is 6.42 Å². The van der Waals surface area contributed by atoms with E-state index in [9.17, 15) is 14.4 Å². The molecule has 1 aliphatic rings. The number of aromatic nitrogens is 1.